The van der Waals surface area contributed by atoms with Gasteiger partial charge in [0.2, 0.25) is 11.9 Å². The van der Waals surface area contributed by atoms with Crippen molar-refractivity contribution >= 4 is 40.6 Å². The third-order valence-electron chi connectivity index (χ3n) is 5.60. The van der Waals surface area contributed by atoms with Crippen LogP contribution >= 0.6 is 0 Å². The van der Waals surface area contributed by atoms with E-state index in [1.54, 1.807) is 49.2 Å². The van der Waals surface area contributed by atoms with Gasteiger partial charge in [0.05, 0.1) is 14.2 Å². The van der Waals surface area contributed by atoms with Crippen molar-refractivity contribution < 1.29 is 19.1 Å². The fourth-order valence-electron chi connectivity index (χ4n) is 3.72. The van der Waals surface area contributed by atoms with Crippen molar-refractivity contribution in [3.63, 3.8) is 0 Å². The molecule has 0 atom stereocenters. The molecule has 4 aromatic rings. The number of nitrogens with two attached hydrogens (primary N) is 1. The molecule has 2 aromatic carbocycles. The minimum Gasteiger partial charge on any atom is -0.497 e. The molecule has 0 bridgehead atoms. The van der Waals surface area contributed by atoms with Crippen LogP contribution in [0.2, 0.25) is 0 Å². The van der Waals surface area contributed by atoms with E-state index < -0.39 is 5.91 Å². The number of aromatic nitrogens is 3. The molecule has 0 saturated heterocycles. The number of ether oxygens (including phenoxy) is 2. The van der Waals surface area contributed by atoms with Gasteiger partial charge in [0.25, 0.3) is 5.91 Å². The highest BCUT2D eigenvalue weighted by Gasteiger charge is 2.20. The maximum atomic E-state index is 12.4. The van der Waals surface area contributed by atoms with Crippen LogP contribution in [0.4, 0.5) is 23.1 Å². The highest BCUT2D eigenvalue weighted by Crippen LogP contribution is 2.30. The molecule has 0 aliphatic rings. The summed E-state index contributed by atoms with van der Waals surface area (Å²) in [6.45, 7) is 5.77. The third-order valence-corrected chi connectivity index (χ3v) is 5.60. The summed E-state index contributed by atoms with van der Waals surface area (Å²) in [5.41, 5.74) is 9.26. The van der Waals surface area contributed by atoms with Crippen molar-refractivity contribution in [3.05, 3.63) is 78.1 Å². The topological polar surface area (TPSA) is 145 Å². The van der Waals surface area contributed by atoms with E-state index in [1.807, 2.05) is 25.1 Å². The molecule has 0 aliphatic heterocycles. The first-order chi connectivity index (χ1) is 17.8. The highest BCUT2D eigenvalue weighted by molar-refractivity contribution is 6.04. The maximum absolute atomic E-state index is 12.4. The Labute approximate surface area is 213 Å². The Hall–Kier alpha value is -5.06. The maximum Gasteiger partial charge on any atom is 0.256 e. The zero-order valence-electron chi connectivity index (χ0n) is 20.7. The average molecular weight is 502 g/mol. The molecule has 0 unspecified atom stereocenters. The minimum absolute atomic E-state index is 0.127. The number of imidazole rings is 1. The summed E-state index contributed by atoms with van der Waals surface area (Å²) in [5, 5.41) is 9.23. The molecule has 11 nitrogen and oxygen atoms in total. The van der Waals surface area contributed by atoms with Crippen molar-refractivity contribution in [1.82, 2.24) is 14.4 Å². The zero-order valence-corrected chi connectivity index (χ0v) is 20.7. The molecular formula is C26H27N7O4. The summed E-state index contributed by atoms with van der Waals surface area (Å²) in [7, 11) is 3.09. The predicted molar refractivity (Wildman–Crippen MR) is 142 cm³/mol. The Morgan fingerprint density at radius 3 is 2.51 bits per heavy atom. The van der Waals surface area contributed by atoms with Gasteiger partial charge in [0.1, 0.15) is 17.1 Å². The average Bonchev–Trinajstić information content (AvgIpc) is 3.38. The number of nitrogens with zero attached hydrogens (tertiary/aromatic N) is 3. The summed E-state index contributed by atoms with van der Waals surface area (Å²) >= 11 is 0. The number of anilines is 4. The third kappa shape index (κ3) is 5.45. The van der Waals surface area contributed by atoms with Crippen molar-refractivity contribution in [2.75, 3.05) is 30.2 Å². The number of primary amides is 1. The Morgan fingerprint density at radius 1 is 1.14 bits per heavy atom. The first kappa shape index (κ1) is 25.0. The number of hydrogen-bond acceptors (Lipinski definition) is 8. The van der Waals surface area contributed by atoms with Crippen LogP contribution in [0.25, 0.3) is 5.65 Å². The molecule has 11 heteroatoms. The summed E-state index contributed by atoms with van der Waals surface area (Å²) in [6, 6.07) is 10.9. The molecule has 2 aromatic heterocycles. The molecular weight excluding hydrogens is 474 g/mol. The molecule has 5 N–H and O–H groups in total. The smallest absolute Gasteiger partial charge is 0.256 e. The van der Waals surface area contributed by atoms with E-state index in [-0.39, 0.29) is 17.3 Å². The standard InChI is InChI=1S/C26H27N7O4/c1-5-21(34)31-20-10-16(7-6-15(20)2)14-29-26-32-24(22(23(27)35)25-28-8-9-33(25)26)30-17-11-18(36-3)13-19(12-17)37-4/h5-13,30H,1,14H2,2-4H3,(H2,27,35)(H,29,32)(H,31,34). The minimum atomic E-state index is -0.686. The van der Waals surface area contributed by atoms with Crippen molar-refractivity contribution in [2.45, 2.75) is 13.5 Å². The number of aryl methyl sites for hydroxylation is 1. The molecule has 0 aliphatic carbocycles. The predicted octanol–water partition coefficient (Wildman–Crippen LogP) is 3.63. The summed E-state index contributed by atoms with van der Waals surface area (Å²) in [4.78, 5) is 33.2. The molecule has 0 spiro atoms. The number of hydrogen-bond donors (Lipinski definition) is 4. The van der Waals surface area contributed by atoms with Crippen LogP contribution in [0, 0.1) is 6.92 Å². The Balaban J connectivity index is 1.70. The van der Waals surface area contributed by atoms with E-state index in [0.29, 0.717) is 41.0 Å². The monoisotopic (exact) mass is 501 g/mol. The van der Waals surface area contributed by atoms with E-state index in [0.717, 1.165) is 11.1 Å². The van der Waals surface area contributed by atoms with Crippen LogP contribution in [0.15, 0.2) is 61.4 Å². The number of fused-ring (bicyclic) bond motifs is 1. The van der Waals surface area contributed by atoms with Crippen LogP contribution in [-0.2, 0) is 11.3 Å². The van der Waals surface area contributed by atoms with Gasteiger partial charge in [-0.3, -0.25) is 14.0 Å². The second kappa shape index (κ2) is 10.7. The normalized spacial score (nSPS) is 10.6. The van der Waals surface area contributed by atoms with E-state index in [1.165, 1.54) is 6.08 Å². The fourth-order valence-corrected chi connectivity index (χ4v) is 3.72. The fraction of sp³-hybridized carbons (Fsp3) is 0.154. The molecule has 0 fully saturated rings. The van der Waals surface area contributed by atoms with Crippen molar-refractivity contribution in [2.24, 2.45) is 5.73 Å². The zero-order chi connectivity index (χ0) is 26.5. The number of rotatable bonds is 10. The van der Waals surface area contributed by atoms with E-state index >= 15 is 0 Å². The van der Waals surface area contributed by atoms with Crippen molar-refractivity contribution in [3.8, 4) is 11.5 Å². The van der Waals surface area contributed by atoms with Gasteiger partial charge in [-0.25, -0.2) is 4.98 Å². The largest absolute Gasteiger partial charge is 0.497 e. The van der Waals surface area contributed by atoms with Crippen LogP contribution in [0.3, 0.4) is 0 Å². The second-order valence-electron chi connectivity index (χ2n) is 8.07. The SMILES string of the molecule is C=CC(=O)Nc1cc(CNc2nc(Nc3cc(OC)cc(OC)c3)c(C(N)=O)c3nccn23)ccc1C. The van der Waals surface area contributed by atoms with Gasteiger partial charge in [0, 0.05) is 48.5 Å². The van der Waals surface area contributed by atoms with Gasteiger partial charge in [0.15, 0.2) is 11.5 Å². The molecule has 190 valence electrons. The Bertz CT molecular complexity index is 1470. The summed E-state index contributed by atoms with van der Waals surface area (Å²) in [5.74, 6) is 0.775. The lowest BCUT2D eigenvalue weighted by Gasteiger charge is -2.16. The van der Waals surface area contributed by atoms with Gasteiger partial charge in [-0.1, -0.05) is 18.7 Å². The summed E-state index contributed by atoms with van der Waals surface area (Å²) in [6.07, 6.45) is 4.46. The van der Waals surface area contributed by atoms with E-state index in [4.69, 9.17) is 15.2 Å². The molecule has 0 radical (unpaired) electrons. The van der Waals surface area contributed by atoms with Crippen LogP contribution < -0.4 is 31.2 Å². The first-order valence-electron chi connectivity index (χ1n) is 11.3. The van der Waals surface area contributed by atoms with Gasteiger partial charge in [-0.15, -0.1) is 0 Å². The van der Waals surface area contributed by atoms with E-state index in [2.05, 4.69) is 32.5 Å². The Kier molecular flexibility index (Phi) is 7.23. The van der Waals surface area contributed by atoms with Gasteiger partial charge in [-0.05, 0) is 30.2 Å². The number of amides is 2. The lowest BCUT2D eigenvalue weighted by atomic mass is 10.1. The first-order valence-corrected chi connectivity index (χ1v) is 11.3. The molecule has 2 amide bonds. The number of methoxy groups -OCH3 is 2. The molecule has 2 heterocycles. The number of carbonyl (C=O) groups is 2. The van der Waals surface area contributed by atoms with Crippen LogP contribution in [0.1, 0.15) is 21.5 Å². The molecule has 0 saturated carbocycles. The quantitative estimate of drug-likeness (QED) is 0.241. The van der Waals surface area contributed by atoms with Gasteiger partial charge >= 0.3 is 0 Å². The Morgan fingerprint density at radius 2 is 1.86 bits per heavy atom. The highest BCUT2D eigenvalue weighted by atomic mass is 16.5. The van der Waals surface area contributed by atoms with Crippen LogP contribution in [0.5, 0.6) is 11.5 Å². The van der Waals surface area contributed by atoms with E-state index in [9.17, 15) is 9.59 Å². The lowest BCUT2D eigenvalue weighted by molar-refractivity contribution is -0.111. The second-order valence-corrected chi connectivity index (χ2v) is 8.07. The summed E-state index contributed by atoms with van der Waals surface area (Å²) < 4.78 is 12.3. The molecule has 37 heavy (non-hydrogen) atoms. The van der Waals surface area contributed by atoms with Gasteiger partial charge in [-0.2, -0.15) is 4.98 Å². The lowest BCUT2D eigenvalue weighted by Crippen LogP contribution is -2.18. The number of carbonyl (C=O) groups excluding carboxylic acids is 2. The molecule has 4 rings (SSSR count). The number of nitrogens with one attached hydrogen (secondary N) is 3. The van der Waals surface area contributed by atoms with Crippen molar-refractivity contribution in [1.29, 1.82) is 0 Å². The van der Waals surface area contributed by atoms with Gasteiger partial charge < -0.3 is 31.2 Å². The number of benzene rings is 2. The van der Waals surface area contributed by atoms with Crippen LogP contribution in [-0.4, -0.2) is 40.4 Å².